The monoisotopic (exact) mass is 464 g/mol. The van der Waals surface area contributed by atoms with Gasteiger partial charge in [0.2, 0.25) is 0 Å². The van der Waals surface area contributed by atoms with Crippen molar-refractivity contribution in [3.8, 4) is 5.75 Å². The second-order valence-corrected chi connectivity index (χ2v) is 6.51. The number of halogens is 1. The predicted molar refractivity (Wildman–Crippen MR) is 107 cm³/mol. The Hall–Kier alpha value is -3.67. The van der Waals surface area contributed by atoms with Crippen LogP contribution in [0.2, 0.25) is 0 Å². The molecule has 0 atom stereocenters. The van der Waals surface area contributed by atoms with Gasteiger partial charge in [0.15, 0.2) is 0 Å². The minimum absolute atomic E-state index is 0.447. The van der Waals surface area contributed by atoms with Crippen molar-refractivity contribution < 1.29 is 19.9 Å². The highest BCUT2D eigenvalue weighted by molar-refractivity contribution is 9.10. The number of nitrogens with zero attached hydrogens (tertiary/aromatic N) is 4. The zero-order valence-corrected chi connectivity index (χ0v) is 16.4. The van der Waals surface area contributed by atoms with Gasteiger partial charge in [0.1, 0.15) is 0 Å². The van der Waals surface area contributed by atoms with Crippen LogP contribution in [0, 0.1) is 30.3 Å². The Morgan fingerprint density at radius 1 is 1.00 bits per heavy atom. The summed E-state index contributed by atoms with van der Waals surface area (Å²) in [4.78, 5) is 32.1. The smallest absolute Gasteiger partial charge is 0.324 e. The maximum absolute atomic E-state index is 10.4. The first-order chi connectivity index (χ1) is 13.6. The van der Waals surface area contributed by atoms with E-state index in [0.717, 1.165) is 16.4 Å². The SMILES string of the molecule is CCc1cc(Br)cc2cccnc12.O=[N+]([O-])c1cc([N+](=O)[O-])c(O)c([N+](=O)[O-])c1. The molecule has 12 heteroatoms. The fourth-order valence-electron chi connectivity index (χ4n) is 2.47. The van der Waals surface area contributed by atoms with E-state index in [2.05, 4.69) is 46.0 Å². The standard InChI is InChI=1S/C11H10BrN.C6H3N3O7/c1-2-8-6-10(12)7-9-4-3-5-13-11(8)9;10-6-4(8(13)14)1-3(7(11)12)2-5(6)9(15)16/h3-7H,2H2,1H3;1-2,10H. The van der Waals surface area contributed by atoms with Gasteiger partial charge < -0.3 is 5.11 Å². The van der Waals surface area contributed by atoms with E-state index in [-0.39, 0.29) is 0 Å². The van der Waals surface area contributed by atoms with Gasteiger partial charge in [0, 0.05) is 16.1 Å². The van der Waals surface area contributed by atoms with Crippen LogP contribution in [0.15, 0.2) is 47.1 Å². The molecule has 0 radical (unpaired) electrons. The van der Waals surface area contributed by atoms with Crippen LogP contribution in [0.5, 0.6) is 5.75 Å². The normalized spacial score (nSPS) is 10.1. The van der Waals surface area contributed by atoms with Gasteiger partial charge in [-0.1, -0.05) is 28.9 Å². The van der Waals surface area contributed by atoms with Crippen molar-refractivity contribution in [2.45, 2.75) is 13.3 Å². The molecule has 0 saturated heterocycles. The lowest BCUT2D eigenvalue weighted by molar-refractivity contribution is -0.404. The molecule has 3 rings (SSSR count). The molecule has 0 amide bonds. The maximum atomic E-state index is 10.4. The summed E-state index contributed by atoms with van der Waals surface area (Å²) < 4.78 is 1.13. The molecule has 1 aromatic heterocycles. The summed E-state index contributed by atoms with van der Waals surface area (Å²) in [6.07, 6.45) is 2.86. The van der Waals surface area contributed by atoms with Crippen molar-refractivity contribution in [3.63, 3.8) is 0 Å². The fourth-order valence-corrected chi connectivity index (χ4v) is 2.99. The lowest BCUT2D eigenvalue weighted by Crippen LogP contribution is -1.97. The third kappa shape index (κ3) is 4.99. The lowest BCUT2D eigenvalue weighted by Gasteiger charge is -2.03. The number of hydrogen-bond acceptors (Lipinski definition) is 8. The van der Waals surface area contributed by atoms with Crippen molar-refractivity contribution in [1.82, 2.24) is 4.98 Å². The molecule has 0 unspecified atom stereocenters. The van der Waals surface area contributed by atoms with Crippen LogP contribution in [0.25, 0.3) is 10.9 Å². The summed E-state index contributed by atoms with van der Waals surface area (Å²) in [7, 11) is 0. The highest BCUT2D eigenvalue weighted by Gasteiger charge is 2.30. The lowest BCUT2D eigenvalue weighted by atomic mass is 10.1. The molecular weight excluding hydrogens is 452 g/mol. The molecule has 0 fully saturated rings. The van der Waals surface area contributed by atoms with E-state index in [9.17, 15) is 30.3 Å². The van der Waals surface area contributed by atoms with Crippen LogP contribution < -0.4 is 0 Å². The van der Waals surface area contributed by atoms with E-state index in [1.165, 1.54) is 10.9 Å². The molecule has 2 aromatic carbocycles. The largest absolute Gasteiger partial charge is 0.497 e. The Balaban J connectivity index is 0.000000211. The molecule has 1 N–H and O–H groups in total. The molecule has 0 aliphatic rings. The van der Waals surface area contributed by atoms with Crippen LogP contribution in [0.4, 0.5) is 17.1 Å². The van der Waals surface area contributed by atoms with Crippen LogP contribution in [0.1, 0.15) is 12.5 Å². The molecule has 0 spiro atoms. The van der Waals surface area contributed by atoms with E-state index < -0.39 is 37.6 Å². The zero-order chi connectivity index (χ0) is 21.7. The Bertz CT molecular complexity index is 1090. The minimum atomic E-state index is -1.21. The second kappa shape index (κ2) is 9.01. The van der Waals surface area contributed by atoms with Crippen molar-refractivity contribution in [1.29, 1.82) is 0 Å². The van der Waals surface area contributed by atoms with Crippen molar-refractivity contribution in [3.05, 3.63) is 83.0 Å². The highest BCUT2D eigenvalue weighted by atomic mass is 79.9. The number of benzene rings is 2. The van der Waals surface area contributed by atoms with Gasteiger partial charge in [-0.05, 0) is 30.2 Å². The molecule has 1 heterocycles. The Morgan fingerprint density at radius 3 is 2.07 bits per heavy atom. The first kappa shape index (κ1) is 21.6. The number of pyridine rings is 1. The number of phenolic OH excluding ortho intramolecular Hbond substituents is 1. The molecule has 29 heavy (non-hydrogen) atoms. The summed E-state index contributed by atoms with van der Waals surface area (Å²) in [5.74, 6) is -1.21. The topological polar surface area (TPSA) is 163 Å². The van der Waals surface area contributed by atoms with Crippen LogP contribution in [-0.4, -0.2) is 24.9 Å². The Kier molecular flexibility index (Phi) is 6.72. The average Bonchev–Trinajstić information content (AvgIpc) is 2.67. The summed E-state index contributed by atoms with van der Waals surface area (Å²) >= 11 is 3.50. The van der Waals surface area contributed by atoms with E-state index in [1.54, 1.807) is 0 Å². The van der Waals surface area contributed by atoms with Gasteiger partial charge in [-0.2, -0.15) is 0 Å². The Morgan fingerprint density at radius 2 is 1.59 bits per heavy atom. The van der Waals surface area contributed by atoms with E-state index in [0.29, 0.717) is 12.1 Å². The number of non-ortho nitro benzene ring substituents is 1. The number of aromatic hydroxyl groups is 1. The number of nitro benzene ring substituents is 3. The summed E-state index contributed by atoms with van der Waals surface area (Å²) in [5.41, 5.74) is -0.587. The van der Waals surface area contributed by atoms with Crippen LogP contribution in [-0.2, 0) is 6.42 Å². The second-order valence-electron chi connectivity index (χ2n) is 5.60. The van der Waals surface area contributed by atoms with Crippen LogP contribution in [0.3, 0.4) is 0 Å². The zero-order valence-electron chi connectivity index (χ0n) is 14.8. The number of hydrogen-bond donors (Lipinski definition) is 1. The van der Waals surface area contributed by atoms with Gasteiger partial charge in [-0.3, -0.25) is 35.3 Å². The number of fused-ring (bicyclic) bond motifs is 1. The van der Waals surface area contributed by atoms with Gasteiger partial charge >= 0.3 is 11.4 Å². The Labute approximate surface area is 171 Å². The molecule has 3 aromatic rings. The fraction of sp³-hybridized carbons (Fsp3) is 0.118. The molecule has 0 bridgehead atoms. The molecular formula is C17H13BrN4O7. The summed E-state index contributed by atoms with van der Waals surface area (Å²) in [6, 6.07) is 9.18. The van der Waals surface area contributed by atoms with Crippen molar-refractivity contribution >= 4 is 43.9 Å². The number of aryl methyl sites for hydroxylation is 1. The quantitative estimate of drug-likeness (QED) is 0.429. The summed E-state index contributed by atoms with van der Waals surface area (Å²) in [6.45, 7) is 2.15. The van der Waals surface area contributed by atoms with E-state index in [4.69, 9.17) is 5.11 Å². The summed E-state index contributed by atoms with van der Waals surface area (Å²) in [5, 5.41) is 41.4. The van der Waals surface area contributed by atoms with Gasteiger partial charge in [-0.25, -0.2) is 0 Å². The predicted octanol–water partition coefficient (Wildman–Crippen LogP) is 4.68. The number of nitro groups is 3. The number of phenols is 1. The van der Waals surface area contributed by atoms with E-state index in [1.807, 2.05) is 12.3 Å². The highest BCUT2D eigenvalue weighted by Crippen LogP contribution is 2.38. The van der Waals surface area contributed by atoms with E-state index >= 15 is 0 Å². The van der Waals surface area contributed by atoms with Crippen molar-refractivity contribution in [2.24, 2.45) is 0 Å². The van der Waals surface area contributed by atoms with Gasteiger partial charge in [0.05, 0.1) is 32.4 Å². The number of rotatable bonds is 4. The average molecular weight is 465 g/mol. The third-order valence-corrected chi connectivity index (χ3v) is 4.25. The molecule has 0 aliphatic carbocycles. The molecule has 11 nitrogen and oxygen atoms in total. The number of aromatic nitrogens is 1. The van der Waals surface area contributed by atoms with Gasteiger partial charge in [0.25, 0.3) is 11.4 Å². The third-order valence-electron chi connectivity index (χ3n) is 3.79. The molecule has 0 aliphatic heterocycles. The molecule has 150 valence electrons. The van der Waals surface area contributed by atoms with Crippen LogP contribution >= 0.6 is 15.9 Å². The maximum Gasteiger partial charge on any atom is 0.324 e. The molecule has 0 saturated carbocycles. The first-order valence-electron chi connectivity index (χ1n) is 7.99. The van der Waals surface area contributed by atoms with Crippen molar-refractivity contribution in [2.75, 3.05) is 0 Å². The first-order valence-corrected chi connectivity index (χ1v) is 8.78. The van der Waals surface area contributed by atoms with Gasteiger partial charge in [-0.15, -0.1) is 0 Å². The minimum Gasteiger partial charge on any atom is -0.497 e.